The van der Waals surface area contributed by atoms with E-state index in [2.05, 4.69) is 10.6 Å². The lowest BCUT2D eigenvalue weighted by molar-refractivity contribution is -0.139. The zero-order valence-electron chi connectivity index (χ0n) is 13.7. The zero-order valence-corrected chi connectivity index (χ0v) is 13.7. The summed E-state index contributed by atoms with van der Waals surface area (Å²) in [6.07, 6.45) is 0.693. The molecule has 0 spiro atoms. The molecule has 2 amide bonds. The third kappa shape index (κ3) is 5.76. The second-order valence-corrected chi connectivity index (χ2v) is 5.25. The Labute approximate surface area is 142 Å². The molecule has 0 aliphatic heterocycles. The van der Waals surface area contributed by atoms with Gasteiger partial charge < -0.3 is 15.4 Å². The molecule has 0 aliphatic carbocycles. The molecule has 0 fully saturated rings. The molecule has 0 radical (unpaired) electrons. The summed E-state index contributed by atoms with van der Waals surface area (Å²) < 4.78 is 5.35. The zero-order chi connectivity index (χ0) is 17.2. The Morgan fingerprint density at radius 1 is 0.875 bits per heavy atom. The third-order valence-corrected chi connectivity index (χ3v) is 3.44. The molecule has 0 bridgehead atoms. The predicted octanol–water partition coefficient (Wildman–Crippen LogP) is 2.06. The lowest BCUT2D eigenvalue weighted by Gasteiger charge is -2.08. The first-order chi connectivity index (χ1) is 11.7. The Hall–Kier alpha value is -2.82. The SMILES string of the molecule is CCOc1ccc(CNC(=O)C(=O)NCCc2ccccc2)cc1. The van der Waals surface area contributed by atoms with Crippen LogP contribution in [0.5, 0.6) is 5.75 Å². The van der Waals surface area contributed by atoms with E-state index in [0.717, 1.165) is 16.9 Å². The van der Waals surface area contributed by atoms with E-state index in [1.165, 1.54) is 0 Å². The highest BCUT2D eigenvalue weighted by atomic mass is 16.5. The van der Waals surface area contributed by atoms with E-state index in [-0.39, 0.29) is 0 Å². The van der Waals surface area contributed by atoms with Gasteiger partial charge in [0.05, 0.1) is 6.61 Å². The Morgan fingerprint density at radius 3 is 2.21 bits per heavy atom. The predicted molar refractivity (Wildman–Crippen MR) is 92.6 cm³/mol. The van der Waals surface area contributed by atoms with Crippen LogP contribution in [0.3, 0.4) is 0 Å². The Morgan fingerprint density at radius 2 is 1.54 bits per heavy atom. The van der Waals surface area contributed by atoms with Crippen molar-refractivity contribution in [3.05, 3.63) is 65.7 Å². The van der Waals surface area contributed by atoms with Gasteiger partial charge in [0.2, 0.25) is 0 Å². The van der Waals surface area contributed by atoms with E-state index in [1.807, 2.05) is 61.5 Å². The van der Waals surface area contributed by atoms with Gasteiger partial charge in [-0.3, -0.25) is 9.59 Å². The van der Waals surface area contributed by atoms with Crippen molar-refractivity contribution in [1.82, 2.24) is 10.6 Å². The number of rotatable bonds is 7. The fraction of sp³-hybridized carbons (Fsp3) is 0.263. The van der Waals surface area contributed by atoms with Crippen molar-refractivity contribution in [1.29, 1.82) is 0 Å². The van der Waals surface area contributed by atoms with Crippen molar-refractivity contribution in [3.63, 3.8) is 0 Å². The van der Waals surface area contributed by atoms with Gasteiger partial charge in [0.25, 0.3) is 0 Å². The van der Waals surface area contributed by atoms with Gasteiger partial charge in [0, 0.05) is 13.1 Å². The van der Waals surface area contributed by atoms with E-state index >= 15 is 0 Å². The smallest absolute Gasteiger partial charge is 0.309 e. The molecule has 5 nitrogen and oxygen atoms in total. The second kappa shape index (κ2) is 9.35. The minimum Gasteiger partial charge on any atom is -0.494 e. The monoisotopic (exact) mass is 326 g/mol. The highest BCUT2D eigenvalue weighted by Crippen LogP contribution is 2.11. The maximum atomic E-state index is 11.8. The molecule has 5 heteroatoms. The van der Waals surface area contributed by atoms with E-state index in [0.29, 0.717) is 26.1 Å². The number of hydrogen-bond acceptors (Lipinski definition) is 3. The normalized spacial score (nSPS) is 10.0. The van der Waals surface area contributed by atoms with Crippen LogP contribution in [0.2, 0.25) is 0 Å². The minimum atomic E-state index is -0.628. The maximum Gasteiger partial charge on any atom is 0.309 e. The van der Waals surface area contributed by atoms with Gasteiger partial charge in [-0.25, -0.2) is 0 Å². The molecule has 2 aromatic carbocycles. The number of amides is 2. The second-order valence-electron chi connectivity index (χ2n) is 5.25. The third-order valence-electron chi connectivity index (χ3n) is 3.44. The molecule has 2 aromatic rings. The van der Waals surface area contributed by atoms with Gasteiger partial charge in [0.15, 0.2) is 0 Å². The first-order valence-corrected chi connectivity index (χ1v) is 8.00. The molecule has 0 aromatic heterocycles. The van der Waals surface area contributed by atoms with Crippen LogP contribution in [0.1, 0.15) is 18.1 Å². The maximum absolute atomic E-state index is 11.8. The van der Waals surface area contributed by atoms with Crippen LogP contribution in [-0.2, 0) is 22.6 Å². The average molecular weight is 326 g/mol. The molecule has 0 atom stereocenters. The first-order valence-electron chi connectivity index (χ1n) is 8.00. The lowest BCUT2D eigenvalue weighted by Crippen LogP contribution is -2.40. The van der Waals surface area contributed by atoms with Crippen LogP contribution < -0.4 is 15.4 Å². The van der Waals surface area contributed by atoms with Gasteiger partial charge >= 0.3 is 11.8 Å². The van der Waals surface area contributed by atoms with E-state index in [4.69, 9.17) is 4.74 Å². The van der Waals surface area contributed by atoms with Crippen LogP contribution >= 0.6 is 0 Å². The summed E-state index contributed by atoms with van der Waals surface area (Å²) in [5.41, 5.74) is 2.02. The number of carbonyl (C=O) groups is 2. The number of carbonyl (C=O) groups excluding carboxylic acids is 2. The summed E-state index contributed by atoms with van der Waals surface area (Å²) >= 11 is 0. The minimum absolute atomic E-state index is 0.303. The standard InChI is InChI=1S/C19H22N2O3/c1-2-24-17-10-8-16(9-11-17)14-21-19(23)18(22)20-13-12-15-6-4-3-5-7-15/h3-11H,2,12-14H2,1H3,(H,20,22)(H,21,23). The van der Waals surface area contributed by atoms with Crippen LogP contribution in [0, 0.1) is 0 Å². The van der Waals surface area contributed by atoms with E-state index < -0.39 is 11.8 Å². The van der Waals surface area contributed by atoms with Crippen LogP contribution in [0.4, 0.5) is 0 Å². The molecule has 0 saturated carbocycles. The van der Waals surface area contributed by atoms with Crippen molar-refractivity contribution in [3.8, 4) is 5.75 Å². The molecule has 126 valence electrons. The highest BCUT2D eigenvalue weighted by molar-refractivity contribution is 6.35. The fourth-order valence-corrected chi connectivity index (χ4v) is 2.18. The molecule has 0 heterocycles. The molecule has 2 N–H and O–H groups in total. The molecule has 0 unspecified atom stereocenters. The van der Waals surface area contributed by atoms with E-state index in [1.54, 1.807) is 0 Å². The van der Waals surface area contributed by atoms with Crippen molar-refractivity contribution in [2.45, 2.75) is 19.9 Å². The van der Waals surface area contributed by atoms with Gasteiger partial charge in [-0.15, -0.1) is 0 Å². The van der Waals surface area contributed by atoms with Crippen molar-refractivity contribution >= 4 is 11.8 Å². The molecule has 0 saturated heterocycles. The van der Waals surface area contributed by atoms with Crippen molar-refractivity contribution in [2.24, 2.45) is 0 Å². The molecule has 0 aliphatic rings. The largest absolute Gasteiger partial charge is 0.494 e. The molecule has 2 rings (SSSR count). The van der Waals surface area contributed by atoms with Gasteiger partial charge in [0.1, 0.15) is 5.75 Å². The summed E-state index contributed by atoms with van der Waals surface area (Å²) in [5.74, 6) is -0.458. The summed E-state index contributed by atoms with van der Waals surface area (Å²) in [6, 6.07) is 17.2. The molecule has 24 heavy (non-hydrogen) atoms. The van der Waals surface area contributed by atoms with Gasteiger partial charge in [-0.2, -0.15) is 0 Å². The number of hydrogen-bond donors (Lipinski definition) is 2. The Kier molecular flexibility index (Phi) is 6.83. The number of ether oxygens (including phenoxy) is 1. The summed E-state index contributed by atoms with van der Waals surface area (Å²) in [7, 11) is 0. The fourth-order valence-electron chi connectivity index (χ4n) is 2.18. The van der Waals surface area contributed by atoms with Crippen LogP contribution in [0.15, 0.2) is 54.6 Å². The number of nitrogens with one attached hydrogen (secondary N) is 2. The Bertz CT molecular complexity index is 654. The Balaban J connectivity index is 1.70. The van der Waals surface area contributed by atoms with Crippen LogP contribution in [-0.4, -0.2) is 25.0 Å². The molecular formula is C19H22N2O3. The first kappa shape index (κ1) is 17.5. The average Bonchev–Trinajstić information content (AvgIpc) is 2.62. The van der Waals surface area contributed by atoms with Gasteiger partial charge in [-0.05, 0) is 36.6 Å². The lowest BCUT2D eigenvalue weighted by atomic mass is 10.1. The van der Waals surface area contributed by atoms with Crippen molar-refractivity contribution < 1.29 is 14.3 Å². The quantitative estimate of drug-likeness (QED) is 0.765. The highest BCUT2D eigenvalue weighted by Gasteiger charge is 2.12. The number of benzene rings is 2. The summed E-state index contributed by atoms with van der Waals surface area (Å²) in [4.78, 5) is 23.5. The molecular weight excluding hydrogens is 304 g/mol. The van der Waals surface area contributed by atoms with Gasteiger partial charge in [-0.1, -0.05) is 42.5 Å². The summed E-state index contributed by atoms with van der Waals surface area (Å²) in [6.45, 7) is 3.26. The van der Waals surface area contributed by atoms with Crippen LogP contribution in [0.25, 0.3) is 0 Å². The van der Waals surface area contributed by atoms with Crippen molar-refractivity contribution in [2.75, 3.05) is 13.2 Å². The topological polar surface area (TPSA) is 67.4 Å². The van der Waals surface area contributed by atoms with E-state index in [9.17, 15) is 9.59 Å². The summed E-state index contributed by atoms with van der Waals surface area (Å²) in [5, 5.41) is 5.23.